The van der Waals surface area contributed by atoms with Crippen LogP contribution in [0, 0.1) is 5.41 Å². The summed E-state index contributed by atoms with van der Waals surface area (Å²) in [7, 11) is 0. The molecule has 0 aromatic rings. The third-order valence-corrected chi connectivity index (χ3v) is 14.0. The van der Waals surface area contributed by atoms with Crippen LogP contribution in [0.5, 0.6) is 0 Å². The highest BCUT2D eigenvalue weighted by atomic mass is 32.2. The van der Waals surface area contributed by atoms with E-state index in [-0.39, 0.29) is 5.41 Å². The molecule has 0 saturated heterocycles. The Morgan fingerprint density at radius 1 is 0.654 bits per heavy atom. The summed E-state index contributed by atoms with van der Waals surface area (Å²) in [5.41, 5.74) is 0.113. The van der Waals surface area contributed by atoms with E-state index in [9.17, 15) is 0 Å². The van der Waals surface area contributed by atoms with Crippen molar-refractivity contribution >= 4 is 135 Å². The summed E-state index contributed by atoms with van der Waals surface area (Å²) < 4.78 is 0. The molecule has 26 heavy (non-hydrogen) atoms. The van der Waals surface area contributed by atoms with Crippen molar-refractivity contribution in [3.63, 3.8) is 0 Å². The van der Waals surface area contributed by atoms with Crippen molar-refractivity contribution in [2.45, 2.75) is 28.6 Å². The van der Waals surface area contributed by atoms with Crippen LogP contribution in [-0.4, -0.2) is 65.5 Å². The van der Waals surface area contributed by atoms with Gasteiger partial charge in [0, 0.05) is 48.3 Å². The monoisotopic (exact) mass is 564 g/mol. The lowest BCUT2D eigenvalue weighted by molar-refractivity contribution is 0.392. The van der Waals surface area contributed by atoms with Crippen LogP contribution in [0.4, 0.5) is 0 Å². The normalized spacial score (nSPS) is 15.8. The predicted octanol–water partition coefficient (Wildman–Crippen LogP) is 6.17. The number of rotatable bonds is 18. The molecular weight excluding hydrogens is 533 g/mol. The Morgan fingerprint density at radius 3 is 1.65 bits per heavy atom. The zero-order valence-corrected chi connectivity index (χ0v) is 24.3. The minimum absolute atomic E-state index is 0.113. The van der Waals surface area contributed by atoms with Gasteiger partial charge in [-0.1, -0.05) is 0 Å². The van der Waals surface area contributed by atoms with Gasteiger partial charge in [-0.25, -0.2) is 0 Å². The van der Waals surface area contributed by atoms with Crippen LogP contribution in [0.15, 0.2) is 0 Å². The fourth-order valence-electron chi connectivity index (χ4n) is 1.80. The molecule has 0 amide bonds. The van der Waals surface area contributed by atoms with Crippen LogP contribution < -0.4 is 0 Å². The van der Waals surface area contributed by atoms with Crippen LogP contribution in [0.25, 0.3) is 0 Å². The van der Waals surface area contributed by atoms with Crippen LogP contribution >= 0.6 is 135 Å². The van der Waals surface area contributed by atoms with Gasteiger partial charge >= 0.3 is 0 Å². The van der Waals surface area contributed by atoms with E-state index in [0.717, 1.165) is 62.6 Å². The summed E-state index contributed by atoms with van der Waals surface area (Å²) >= 11 is 39.5. The van der Waals surface area contributed by atoms with Crippen molar-refractivity contribution in [1.29, 1.82) is 0 Å². The molecule has 0 aromatic carbocycles. The van der Waals surface area contributed by atoms with Gasteiger partial charge in [-0.05, 0) is 35.5 Å². The van der Waals surface area contributed by atoms with E-state index in [1.807, 2.05) is 47.0 Å². The van der Waals surface area contributed by atoms with Gasteiger partial charge < -0.3 is 0 Å². The molecule has 0 nitrogen and oxygen atoms in total. The third kappa shape index (κ3) is 14.8. The van der Waals surface area contributed by atoms with Crippen LogP contribution in [0.2, 0.25) is 0 Å². The molecule has 0 heterocycles. The van der Waals surface area contributed by atoms with E-state index >= 15 is 0 Å². The molecule has 0 radical (unpaired) electrons. The quantitative estimate of drug-likeness (QED) is 0.0604. The standard InChI is InChI=1S/C15H32S11/c16-3-12(20)4-23-9-25-11-26-10-24-5-14(22)13(21)1-2-15(6-17,7-18)8-19/h12-14,16-22H,1-11H2. The Bertz CT molecular complexity index is 306. The number of hydrogen-bond donors (Lipinski definition) is 7. The maximum absolute atomic E-state index is 4.77. The Balaban J connectivity index is 3.68. The third-order valence-electron chi connectivity index (χ3n) is 3.73. The lowest BCUT2D eigenvalue weighted by atomic mass is 9.88. The Morgan fingerprint density at radius 2 is 1.15 bits per heavy atom. The summed E-state index contributed by atoms with van der Waals surface area (Å²) in [5, 5.41) is 4.44. The zero-order chi connectivity index (χ0) is 19.8. The van der Waals surface area contributed by atoms with Gasteiger partial charge in [0.25, 0.3) is 0 Å². The lowest BCUT2D eigenvalue weighted by Crippen LogP contribution is -2.30. The molecule has 0 N–H and O–H groups in total. The first kappa shape index (κ1) is 29.9. The molecule has 0 aliphatic carbocycles. The first-order valence-corrected chi connectivity index (χ1v) is 16.9. The molecule has 3 atom stereocenters. The Labute approximate surface area is 216 Å². The molecule has 0 fully saturated rings. The summed E-state index contributed by atoms with van der Waals surface area (Å²) in [4.78, 5) is 0. The minimum atomic E-state index is 0.113. The maximum Gasteiger partial charge on any atom is 0.0408 e. The highest BCUT2D eigenvalue weighted by Crippen LogP contribution is 2.32. The molecule has 0 spiro atoms. The van der Waals surface area contributed by atoms with Gasteiger partial charge in [0.15, 0.2) is 0 Å². The molecule has 0 saturated carbocycles. The number of hydrogen-bond acceptors (Lipinski definition) is 11. The highest BCUT2D eigenvalue weighted by molar-refractivity contribution is 8.26. The lowest BCUT2D eigenvalue weighted by Gasteiger charge is -2.30. The first-order valence-electron chi connectivity index (χ1n) is 8.23. The molecule has 0 aromatic heterocycles. The number of thioether (sulfide) groups is 4. The van der Waals surface area contributed by atoms with Gasteiger partial charge in [0.2, 0.25) is 0 Å². The van der Waals surface area contributed by atoms with Gasteiger partial charge in [-0.2, -0.15) is 88.4 Å². The van der Waals surface area contributed by atoms with Gasteiger partial charge in [-0.15, -0.1) is 47.0 Å². The summed E-state index contributed by atoms with van der Waals surface area (Å²) in [6.07, 6.45) is 2.10. The van der Waals surface area contributed by atoms with Crippen LogP contribution in [-0.2, 0) is 0 Å². The average Bonchev–Trinajstić information content (AvgIpc) is 2.67. The van der Waals surface area contributed by atoms with Crippen molar-refractivity contribution in [2.75, 3.05) is 49.8 Å². The van der Waals surface area contributed by atoms with Crippen molar-refractivity contribution in [2.24, 2.45) is 5.41 Å². The summed E-state index contributed by atoms with van der Waals surface area (Å²) in [6.45, 7) is 0. The topological polar surface area (TPSA) is 0 Å². The van der Waals surface area contributed by atoms with Gasteiger partial charge in [0.05, 0.1) is 0 Å². The van der Waals surface area contributed by atoms with Crippen molar-refractivity contribution in [3.05, 3.63) is 0 Å². The second-order valence-electron chi connectivity index (χ2n) is 5.99. The van der Waals surface area contributed by atoms with Gasteiger partial charge in [0.1, 0.15) is 0 Å². The minimum Gasteiger partial charge on any atom is -0.179 e. The Kier molecular flexibility index (Phi) is 22.4. The molecule has 0 aliphatic rings. The van der Waals surface area contributed by atoms with E-state index in [1.54, 1.807) is 0 Å². The maximum atomic E-state index is 4.77. The predicted molar refractivity (Wildman–Crippen MR) is 160 cm³/mol. The largest absolute Gasteiger partial charge is 0.179 e. The first-order chi connectivity index (χ1) is 12.4. The van der Waals surface area contributed by atoms with E-state index in [0.29, 0.717) is 15.7 Å². The highest BCUT2D eigenvalue weighted by Gasteiger charge is 2.27. The second-order valence-corrected chi connectivity index (χ2v) is 14.5. The molecule has 3 unspecified atom stereocenters. The average molecular weight is 565 g/mol. The van der Waals surface area contributed by atoms with Crippen molar-refractivity contribution < 1.29 is 0 Å². The summed E-state index contributed by atoms with van der Waals surface area (Å²) in [6, 6.07) is 0. The van der Waals surface area contributed by atoms with Gasteiger partial charge in [-0.3, -0.25) is 0 Å². The molecule has 0 rings (SSSR count). The molecule has 0 bridgehead atoms. The molecular formula is C15H32S11. The molecule has 158 valence electrons. The number of thiol groups is 7. The van der Waals surface area contributed by atoms with E-state index in [2.05, 4.69) is 63.1 Å². The second kappa shape index (κ2) is 19.5. The van der Waals surface area contributed by atoms with E-state index < -0.39 is 0 Å². The Hall–Kier alpha value is 3.85. The fraction of sp³-hybridized carbons (Fsp3) is 1.00. The van der Waals surface area contributed by atoms with E-state index in [1.165, 1.54) is 0 Å². The SMILES string of the molecule is SCC(S)CSCSCSCSCC(S)C(S)CCC(CS)(CS)CS. The van der Waals surface area contributed by atoms with Crippen LogP contribution in [0.3, 0.4) is 0 Å². The van der Waals surface area contributed by atoms with Crippen molar-refractivity contribution in [3.8, 4) is 0 Å². The van der Waals surface area contributed by atoms with Crippen LogP contribution in [0.1, 0.15) is 12.8 Å². The van der Waals surface area contributed by atoms with Crippen molar-refractivity contribution in [1.82, 2.24) is 0 Å². The molecule has 11 heteroatoms. The van der Waals surface area contributed by atoms with E-state index in [4.69, 9.17) is 25.3 Å². The zero-order valence-electron chi connectivity index (χ0n) is 14.8. The fourth-order valence-corrected chi connectivity index (χ4v) is 9.75. The molecule has 0 aliphatic heterocycles. The summed E-state index contributed by atoms with van der Waals surface area (Å²) in [5.74, 6) is 5.44. The smallest absolute Gasteiger partial charge is 0.0408 e.